The van der Waals surface area contributed by atoms with Crippen LogP contribution in [0.5, 0.6) is 0 Å². The van der Waals surface area contributed by atoms with Gasteiger partial charge in [-0.05, 0) is 33.6 Å². The molecule has 0 radical (unpaired) electrons. The summed E-state index contributed by atoms with van der Waals surface area (Å²) in [5, 5.41) is 0.954. The van der Waals surface area contributed by atoms with Gasteiger partial charge in [0.05, 0.1) is 15.6 Å². The zero-order valence-corrected chi connectivity index (χ0v) is 13.7. The minimum absolute atomic E-state index is 0.130. The molecule has 2 rings (SSSR count). The topological polar surface area (TPSA) is 33.2 Å². The molecule has 1 heterocycles. The first-order chi connectivity index (χ1) is 9.49. The van der Waals surface area contributed by atoms with Gasteiger partial charge in [0.25, 0.3) is 5.91 Å². The zero-order chi connectivity index (χ0) is 14.7. The minimum atomic E-state index is -0.130. The molecule has 0 aliphatic heterocycles. The van der Waals surface area contributed by atoms with Crippen LogP contribution in [0.2, 0.25) is 10.0 Å². The van der Waals surface area contributed by atoms with E-state index in [4.69, 9.17) is 23.2 Å². The summed E-state index contributed by atoms with van der Waals surface area (Å²) in [6.07, 6.45) is 3.16. The van der Waals surface area contributed by atoms with Gasteiger partial charge < -0.3 is 4.90 Å². The highest BCUT2D eigenvalue weighted by Crippen LogP contribution is 2.26. The Balaban J connectivity index is 2.18. The number of carbonyl (C=O) groups is 1. The number of aromatic nitrogens is 1. The summed E-state index contributed by atoms with van der Waals surface area (Å²) in [7, 11) is 1.71. The van der Waals surface area contributed by atoms with Gasteiger partial charge in [0, 0.05) is 30.5 Å². The minimum Gasteiger partial charge on any atom is -0.337 e. The number of rotatable bonds is 3. The Bertz CT molecular complexity index is 649. The molecule has 0 saturated carbocycles. The van der Waals surface area contributed by atoms with E-state index in [9.17, 15) is 4.79 Å². The number of hydrogen-bond acceptors (Lipinski definition) is 2. The summed E-state index contributed by atoms with van der Waals surface area (Å²) in [5.41, 5.74) is 1.32. The number of amides is 1. The SMILES string of the molecule is CN(Cc1cccc(Cl)c1Cl)C(=O)c1cncc(Br)c1. The molecule has 0 N–H and O–H groups in total. The molecule has 0 aliphatic carbocycles. The molecule has 0 fully saturated rings. The molecule has 20 heavy (non-hydrogen) atoms. The molecule has 1 amide bonds. The van der Waals surface area contributed by atoms with Gasteiger partial charge in [-0.2, -0.15) is 0 Å². The van der Waals surface area contributed by atoms with Gasteiger partial charge >= 0.3 is 0 Å². The van der Waals surface area contributed by atoms with E-state index < -0.39 is 0 Å². The summed E-state index contributed by atoms with van der Waals surface area (Å²) < 4.78 is 0.762. The average Bonchev–Trinajstić information content (AvgIpc) is 2.43. The summed E-state index contributed by atoms with van der Waals surface area (Å²) >= 11 is 15.4. The Morgan fingerprint density at radius 2 is 2.10 bits per heavy atom. The van der Waals surface area contributed by atoms with E-state index in [2.05, 4.69) is 20.9 Å². The molecule has 0 aliphatic rings. The Kier molecular flexibility index (Phi) is 5.02. The first-order valence-electron chi connectivity index (χ1n) is 5.78. The quantitative estimate of drug-likeness (QED) is 0.797. The number of hydrogen-bond donors (Lipinski definition) is 0. The molecule has 0 unspecified atom stereocenters. The fraction of sp³-hybridized carbons (Fsp3) is 0.143. The molecule has 1 aromatic heterocycles. The second-order valence-electron chi connectivity index (χ2n) is 4.27. The Labute approximate surface area is 135 Å². The van der Waals surface area contributed by atoms with Crippen LogP contribution < -0.4 is 0 Å². The molecule has 0 spiro atoms. The summed E-state index contributed by atoms with van der Waals surface area (Å²) in [4.78, 5) is 17.8. The van der Waals surface area contributed by atoms with Crippen LogP contribution in [0.3, 0.4) is 0 Å². The van der Waals surface area contributed by atoms with Crippen molar-refractivity contribution in [2.24, 2.45) is 0 Å². The standard InChI is InChI=1S/C14H11BrCl2N2O/c1-19(8-9-3-2-4-12(16)13(9)17)14(20)10-5-11(15)7-18-6-10/h2-7H,8H2,1H3. The molecule has 3 nitrogen and oxygen atoms in total. The van der Waals surface area contributed by atoms with Crippen LogP contribution in [0.15, 0.2) is 41.1 Å². The highest BCUT2D eigenvalue weighted by atomic mass is 79.9. The van der Waals surface area contributed by atoms with Crippen molar-refractivity contribution in [3.8, 4) is 0 Å². The van der Waals surface area contributed by atoms with Crippen molar-refractivity contribution in [2.45, 2.75) is 6.54 Å². The second kappa shape index (κ2) is 6.57. The lowest BCUT2D eigenvalue weighted by Gasteiger charge is -2.18. The van der Waals surface area contributed by atoms with Crippen LogP contribution in [-0.2, 0) is 6.54 Å². The smallest absolute Gasteiger partial charge is 0.255 e. The van der Waals surface area contributed by atoms with Gasteiger partial charge in [-0.1, -0.05) is 35.3 Å². The van der Waals surface area contributed by atoms with Crippen LogP contribution in [0, 0.1) is 0 Å². The predicted octanol–water partition coefficient (Wildman–Crippen LogP) is 4.42. The molecular formula is C14H11BrCl2N2O. The molecular weight excluding hydrogens is 363 g/mol. The molecule has 0 atom stereocenters. The number of halogens is 3. The number of nitrogens with zero attached hydrogens (tertiary/aromatic N) is 2. The molecule has 0 saturated heterocycles. The van der Waals surface area contributed by atoms with E-state index in [-0.39, 0.29) is 5.91 Å². The summed E-state index contributed by atoms with van der Waals surface area (Å²) in [6.45, 7) is 0.380. The molecule has 1 aromatic carbocycles. The van der Waals surface area contributed by atoms with Crippen LogP contribution in [0.1, 0.15) is 15.9 Å². The molecule has 104 valence electrons. The largest absolute Gasteiger partial charge is 0.337 e. The third kappa shape index (κ3) is 3.51. The maximum atomic E-state index is 12.3. The van der Waals surface area contributed by atoms with Crippen molar-refractivity contribution in [3.05, 3.63) is 62.3 Å². The molecule has 2 aromatic rings. The van der Waals surface area contributed by atoms with E-state index >= 15 is 0 Å². The van der Waals surface area contributed by atoms with Crippen molar-refractivity contribution < 1.29 is 4.79 Å². The number of carbonyl (C=O) groups excluding carboxylic acids is 1. The van der Waals surface area contributed by atoms with E-state index in [1.54, 1.807) is 30.3 Å². The van der Waals surface area contributed by atoms with Gasteiger partial charge in [-0.15, -0.1) is 0 Å². The number of pyridine rings is 1. The monoisotopic (exact) mass is 372 g/mol. The molecule has 0 bridgehead atoms. The second-order valence-corrected chi connectivity index (χ2v) is 5.97. The van der Waals surface area contributed by atoms with Crippen LogP contribution >= 0.6 is 39.1 Å². The van der Waals surface area contributed by atoms with Gasteiger partial charge in [0.1, 0.15) is 0 Å². The lowest BCUT2D eigenvalue weighted by Crippen LogP contribution is -2.26. The summed E-state index contributed by atoms with van der Waals surface area (Å²) in [6, 6.07) is 7.10. The fourth-order valence-corrected chi connectivity index (χ4v) is 2.49. The van der Waals surface area contributed by atoms with Crippen molar-refractivity contribution >= 4 is 45.0 Å². The van der Waals surface area contributed by atoms with Crippen LogP contribution in [-0.4, -0.2) is 22.8 Å². The highest BCUT2D eigenvalue weighted by Gasteiger charge is 2.14. The Morgan fingerprint density at radius 3 is 2.80 bits per heavy atom. The van der Waals surface area contributed by atoms with Gasteiger partial charge in [-0.3, -0.25) is 9.78 Å². The van der Waals surface area contributed by atoms with E-state index in [1.165, 1.54) is 6.20 Å². The zero-order valence-electron chi connectivity index (χ0n) is 10.6. The van der Waals surface area contributed by atoms with Crippen molar-refractivity contribution in [3.63, 3.8) is 0 Å². The number of benzene rings is 1. The van der Waals surface area contributed by atoms with Crippen molar-refractivity contribution in [2.75, 3.05) is 7.05 Å². The van der Waals surface area contributed by atoms with Crippen LogP contribution in [0.4, 0.5) is 0 Å². The van der Waals surface area contributed by atoms with Crippen LogP contribution in [0.25, 0.3) is 0 Å². The lowest BCUT2D eigenvalue weighted by atomic mass is 10.2. The first kappa shape index (κ1) is 15.3. The fourth-order valence-electron chi connectivity index (χ4n) is 1.75. The summed E-state index contributed by atoms with van der Waals surface area (Å²) in [5.74, 6) is -0.130. The van der Waals surface area contributed by atoms with E-state index in [1.807, 2.05) is 12.1 Å². The maximum Gasteiger partial charge on any atom is 0.255 e. The maximum absolute atomic E-state index is 12.3. The third-order valence-corrected chi connectivity index (χ3v) is 4.03. The van der Waals surface area contributed by atoms with Gasteiger partial charge in [0.2, 0.25) is 0 Å². The van der Waals surface area contributed by atoms with Crippen molar-refractivity contribution in [1.29, 1.82) is 0 Å². The van der Waals surface area contributed by atoms with Crippen molar-refractivity contribution in [1.82, 2.24) is 9.88 Å². The predicted molar refractivity (Wildman–Crippen MR) is 84.2 cm³/mol. The van der Waals surface area contributed by atoms with E-state index in [0.29, 0.717) is 22.2 Å². The Morgan fingerprint density at radius 1 is 1.35 bits per heavy atom. The normalized spacial score (nSPS) is 10.4. The van der Waals surface area contributed by atoms with Gasteiger partial charge in [0.15, 0.2) is 0 Å². The van der Waals surface area contributed by atoms with E-state index in [0.717, 1.165) is 10.0 Å². The molecule has 6 heteroatoms. The van der Waals surface area contributed by atoms with Gasteiger partial charge in [-0.25, -0.2) is 0 Å². The first-order valence-corrected chi connectivity index (χ1v) is 7.33. The lowest BCUT2D eigenvalue weighted by molar-refractivity contribution is 0.0784. The highest BCUT2D eigenvalue weighted by molar-refractivity contribution is 9.10. The Hall–Kier alpha value is -1.10. The third-order valence-electron chi connectivity index (χ3n) is 2.74. The average molecular weight is 374 g/mol.